The largest absolute Gasteiger partial charge is 0.451 e. The number of para-hydroxylation sites is 1. The van der Waals surface area contributed by atoms with E-state index in [-0.39, 0.29) is 23.8 Å². The molecule has 0 bridgehead atoms. The van der Waals surface area contributed by atoms with Crippen LogP contribution in [-0.2, 0) is 27.9 Å². The van der Waals surface area contributed by atoms with Gasteiger partial charge in [-0.15, -0.1) is 0 Å². The molecule has 33 heavy (non-hydrogen) atoms. The predicted octanol–water partition coefficient (Wildman–Crippen LogP) is 4.65. The zero-order valence-electron chi connectivity index (χ0n) is 18.3. The van der Waals surface area contributed by atoms with Gasteiger partial charge in [-0.25, -0.2) is 8.42 Å². The average Bonchev–Trinajstić information content (AvgIpc) is 3.19. The van der Waals surface area contributed by atoms with Gasteiger partial charge in [-0.2, -0.15) is 4.31 Å². The van der Waals surface area contributed by atoms with Crippen LogP contribution < -0.4 is 5.32 Å². The molecule has 170 valence electrons. The van der Waals surface area contributed by atoms with Gasteiger partial charge in [0.15, 0.2) is 5.76 Å². The van der Waals surface area contributed by atoms with Crippen molar-refractivity contribution >= 4 is 32.6 Å². The summed E-state index contributed by atoms with van der Waals surface area (Å²) in [7, 11) is -0.589. The maximum atomic E-state index is 12.9. The van der Waals surface area contributed by atoms with Crippen LogP contribution in [0.3, 0.4) is 0 Å². The minimum Gasteiger partial charge on any atom is -0.451 e. The minimum atomic E-state index is -3.68. The predicted molar refractivity (Wildman–Crippen MR) is 126 cm³/mol. The van der Waals surface area contributed by atoms with Crippen molar-refractivity contribution < 1.29 is 22.4 Å². The normalized spacial score (nSPS) is 11.7. The van der Waals surface area contributed by atoms with E-state index in [1.807, 2.05) is 48.5 Å². The quantitative estimate of drug-likeness (QED) is 0.410. The number of hydrogen-bond acceptors (Lipinski definition) is 5. The van der Waals surface area contributed by atoms with E-state index in [1.165, 1.54) is 23.5 Å². The van der Waals surface area contributed by atoms with Gasteiger partial charge in [0.25, 0.3) is 5.91 Å². The highest BCUT2D eigenvalue weighted by atomic mass is 32.2. The van der Waals surface area contributed by atoms with Crippen molar-refractivity contribution in [3.8, 4) is 0 Å². The van der Waals surface area contributed by atoms with E-state index in [0.29, 0.717) is 16.8 Å². The second-order valence-corrected chi connectivity index (χ2v) is 9.61. The van der Waals surface area contributed by atoms with Crippen molar-refractivity contribution in [1.82, 2.24) is 4.31 Å². The summed E-state index contributed by atoms with van der Waals surface area (Å²) in [5.74, 6) is -0.271. The fraction of sp³-hybridized carbons (Fsp3) is 0.160. The van der Waals surface area contributed by atoms with Gasteiger partial charge >= 0.3 is 0 Å². The van der Waals surface area contributed by atoms with Crippen molar-refractivity contribution in [3.63, 3.8) is 0 Å². The average molecular weight is 465 g/mol. The molecule has 3 aromatic carbocycles. The van der Waals surface area contributed by atoms with Gasteiger partial charge in [0, 0.05) is 37.3 Å². The van der Waals surface area contributed by atoms with Gasteiger partial charge in [-0.1, -0.05) is 48.5 Å². The summed E-state index contributed by atoms with van der Waals surface area (Å²) in [6.45, 7) is 0.487. The van der Waals surface area contributed by atoms with Crippen molar-refractivity contribution in [2.24, 2.45) is 0 Å². The van der Waals surface area contributed by atoms with Crippen LogP contribution in [0.15, 0.2) is 88.2 Å². The molecule has 0 fully saturated rings. The van der Waals surface area contributed by atoms with Crippen molar-refractivity contribution in [3.05, 3.63) is 95.7 Å². The lowest BCUT2D eigenvalue weighted by Crippen LogP contribution is -2.26. The fourth-order valence-electron chi connectivity index (χ4n) is 3.57. The second kappa shape index (κ2) is 9.58. The van der Waals surface area contributed by atoms with E-state index in [2.05, 4.69) is 5.32 Å². The summed E-state index contributed by atoms with van der Waals surface area (Å²) in [6.07, 6.45) is 0. The number of sulfonamides is 1. The van der Waals surface area contributed by atoms with Crippen LogP contribution in [0.5, 0.6) is 0 Å². The van der Waals surface area contributed by atoms with E-state index in [9.17, 15) is 13.2 Å². The lowest BCUT2D eigenvalue weighted by Gasteiger charge is -2.17. The highest BCUT2D eigenvalue weighted by molar-refractivity contribution is 7.89. The van der Waals surface area contributed by atoms with Gasteiger partial charge in [-0.3, -0.25) is 4.79 Å². The summed E-state index contributed by atoms with van der Waals surface area (Å²) >= 11 is 0. The number of nitrogens with one attached hydrogen (secondary N) is 1. The number of furan rings is 1. The monoisotopic (exact) mass is 464 g/mol. The number of hydrogen-bond donors (Lipinski definition) is 1. The number of rotatable bonds is 8. The fourth-order valence-corrected chi connectivity index (χ4v) is 4.73. The van der Waals surface area contributed by atoms with E-state index in [1.54, 1.807) is 25.3 Å². The number of methoxy groups -OCH3 is 1. The van der Waals surface area contributed by atoms with E-state index in [4.69, 9.17) is 9.15 Å². The second-order valence-electron chi connectivity index (χ2n) is 7.56. The highest BCUT2D eigenvalue weighted by Crippen LogP contribution is 2.27. The van der Waals surface area contributed by atoms with Gasteiger partial charge in [0.2, 0.25) is 10.0 Å². The molecule has 1 aromatic heterocycles. The first-order valence-electron chi connectivity index (χ1n) is 10.3. The summed E-state index contributed by atoms with van der Waals surface area (Å²) in [6, 6.07) is 22.8. The molecular formula is C25H24N2O5S. The number of carbonyl (C=O) groups is 1. The lowest BCUT2D eigenvalue weighted by molar-refractivity contribution is 0.0992. The Hall–Kier alpha value is -3.46. The first-order chi connectivity index (χ1) is 15.9. The molecule has 0 atom stereocenters. The third-order valence-corrected chi connectivity index (χ3v) is 7.08. The first-order valence-corrected chi connectivity index (χ1v) is 11.7. The number of carbonyl (C=O) groups excluding carboxylic acids is 1. The molecule has 8 heteroatoms. The molecule has 0 aliphatic rings. The van der Waals surface area contributed by atoms with Crippen molar-refractivity contribution in [1.29, 1.82) is 0 Å². The third-order valence-electron chi connectivity index (χ3n) is 5.26. The number of benzene rings is 3. The van der Waals surface area contributed by atoms with Crippen LogP contribution in [0.25, 0.3) is 11.0 Å². The Bertz CT molecular complexity index is 1360. The molecule has 0 saturated heterocycles. The molecule has 0 saturated carbocycles. The van der Waals surface area contributed by atoms with Gasteiger partial charge < -0.3 is 14.5 Å². The van der Waals surface area contributed by atoms with Gasteiger partial charge in [0.1, 0.15) is 5.58 Å². The van der Waals surface area contributed by atoms with Crippen molar-refractivity contribution in [2.45, 2.75) is 18.0 Å². The van der Waals surface area contributed by atoms with Gasteiger partial charge in [0.05, 0.1) is 11.5 Å². The summed E-state index contributed by atoms with van der Waals surface area (Å²) < 4.78 is 38.1. The molecular weight excluding hydrogens is 440 g/mol. The number of ether oxygens (including phenoxy) is 1. The molecule has 1 heterocycles. The molecule has 7 nitrogen and oxygen atoms in total. The van der Waals surface area contributed by atoms with E-state index in [0.717, 1.165) is 10.9 Å². The Kier molecular flexibility index (Phi) is 6.60. The molecule has 0 unspecified atom stereocenters. The molecule has 4 aromatic rings. The van der Waals surface area contributed by atoms with Crippen LogP contribution in [-0.4, -0.2) is 32.8 Å². The Morgan fingerprint density at radius 1 is 0.970 bits per heavy atom. The standard InChI is InChI=1S/C25H24N2O5S/c1-27(16-18-8-4-3-5-9-18)33(29,30)20-14-12-19(13-15-20)26-25(28)24-22(17-31-2)21-10-6-7-11-23(21)32-24/h3-15H,16-17H2,1-2H3,(H,26,28). The van der Waals surface area contributed by atoms with Gasteiger partial charge in [-0.05, 0) is 35.9 Å². The topological polar surface area (TPSA) is 88.8 Å². The maximum Gasteiger partial charge on any atom is 0.291 e. The summed E-state index contributed by atoms with van der Waals surface area (Å²) in [5, 5.41) is 3.58. The minimum absolute atomic E-state index is 0.141. The Labute approximate surface area is 192 Å². The molecule has 4 rings (SSSR count). The van der Waals surface area contributed by atoms with Crippen molar-refractivity contribution in [2.75, 3.05) is 19.5 Å². The lowest BCUT2D eigenvalue weighted by atomic mass is 10.1. The number of amides is 1. The van der Waals surface area contributed by atoms with Crippen LogP contribution >= 0.6 is 0 Å². The summed E-state index contributed by atoms with van der Waals surface area (Å²) in [5.41, 5.74) is 2.60. The molecule has 1 amide bonds. The molecule has 1 N–H and O–H groups in total. The molecule has 0 spiro atoms. The Morgan fingerprint density at radius 3 is 2.33 bits per heavy atom. The van der Waals surface area contributed by atoms with Crippen LogP contribution in [0.2, 0.25) is 0 Å². The SMILES string of the molecule is COCc1c(C(=O)Nc2ccc(S(=O)(=O)N(C)Cc3ccccc3)cc2)oc2ccccc12. The third kappa shape index (κ3) is 4.83. The van der Waals surface area contributed by atoms with Crippen LogP contribution in [0.1, 0.15) is 21.7 Å². The van der Waals surface area contributed by atoms with Crippen LogP contribution in [0.4, 0.5) is 5.69 Å². The Balaban J connectivity index is 1.51. The van der Waals surface area contributed by atoms with Crippen LogP contribution in [0, 0.1) is 0 Å². The maximum absolute atomic E-state index is 12.9. The number of fused-ring (bicyclic) bond motifs is 1. The zero-order valence-corrected chi connectivity index (χ0v) is 19.1. The number of anilines is 1. The molecule has 0 aliphatic carbocycles. The van der Waals surface area contributed by atoms with E-state index < -0.39 is 15.9 Å². The van der Waals surface area contributed by atoms with E-state index >= 15 is 0 Å². The zero-order chi connectivity index (χ0) is 23.4. The summed E-state index contributed by atoms with van der Waals surface area (Å²) in [4.78, 5) is 13.0. The molecule has 0 aliphatic heterocycles. The first kappa shape index (κ1) is 22.7. The Morgan fingerprint density at radius 2 is 1.64 bits per heavy atom. The molecule has 0 radical (unpaired) electrons. The smallest absolute Gasteiger partial charge is 0.291 e. The highest BCUT2D eigenvalue weighted by Gasteiger charge is 2.23. The number of nitrogens with zero attached hydrogens (tertiary/aromatic N) is 1.